The van der Waals surface area contributed by atoms with Crippen LogP contribution in [-0.2, 0) is 6.42 Å². The highest BCUT2D eigenvalue weighted by Crippen LogP contribution is 2.37. The molecule has 0 aliphatic heterocycles. The van der Waals surface area contributed by atoms with Gasteiger partial charge in [-0.1, -0.05) is 48.5 Å². The van der Waals surface area contributed by atoms with E-state index in [1.165, 1.54) is 0 Å². The third kappa shape index (κ3) is 4.84. The van der Waals surface area contributed by atoms with Crippen molar-refractivity contribution < 1.29 is 9.47 Å². The zero-order valence-electron chi connectivity index (χ0n) is 18.8. The van der Waals surface area contributed by atoms with Gasteiger partial charge in [-0.05, 0) is 42.7 Å². The molecule has 0 aliphatic carbocycles. The van der Waals surface area contributed by atoms with Gasteiger partial charge < -0.3 is 9.47 Å². The second kappa shape index (κ2) is 9.90. The molecule has 0 saturated carbocycles. The van der Waals surface area contributed by atoms with Gasteiger partial charge in [0.15, 0.2) is 0 Å². The number of nitrogens with zero attached hydrogens (tertiary/aromatic N) is 2. The zero-order valence-corrected chi connectivity index (χ0v) is 18.8. The van der Waals surface area contributed by atoms with Crippen LogP contribution in [0.1, 0.15) is 90.1 Å². The summed E-state index contributed by atoms with van der Waals surface area (Å²) in [6.07, 6.45) is 4.98. The molecule has 0 radical (unpaired) electrons. The summed E-state index contributed by atoms with van der Waals surface area (Å²) >= 11 is 0. The third-order valence-electron chi connectivity index (χ3n) is 5.18. The Labute approximate surface area is 170 Å². The van der Waals surface area contributed by atoms with Crippen molar-refractivity contribution in [3.63, 3.8) is 0 Å². The Hall–Kier alpha value is -2.10. The predicted molar refractivity (Wildman–Crippen MR) is 117 cm³/mol. The van der Waals surface area contributed by atoms with Crippen molar-refractivity contribution in [2.24, 2.45) is 0 Å². The first-order valence-corrected chi connectivity index (χ1v) is 10.6. The lowest BCUT2D eigenvalue weighted by molar-refractivity contribution is 0.189. The summed E-state index contributed by atoms with van der Waals surface area (Å²) in [6.45, 7) is 15.1. The molecular formula is C24H36N2O2. The van der Waals surface area contributed by atoms with Crippen LogP contribution >= 0.6 is 0 Å². The van der Waals surface area contributed by atoms with E-state index in [0.717, 1.165) is 59.0 Å². The summed E-state index contributed by atoms with van der Waals surface area (Å²) in [5, 5.41) is 0. The molecule has 28 heavy (non-hydrogen) atoms. The fourth-order valence-electron chi connectivity index (χ4n) is 3.31. The van der Waals surface area contributed by atoms with Crippen LogP contribution in [0.4, 0.5) is 0 Å². The lowest BCUT2D eigenvalue weighted by Crippen LogP contribution is -2.16. The molecule has 0 fully saturated rings. The van der Waals surface area contributed by atoms with Gasteiger partial charge in [0, 0.05) is 18.0 Å². The van der Waals surface area contributed by atoms with Crippen molar-refractivity contribution in [1.82, 2.24) is 9.97 Å². The van der Waals surface area contributed by atoms with E-state index in [9.17, 15) is 0 Å². The fraction of sp³-hybridized carbons (Fsp3) is 0.583. The van der Waals surface area contributed by atoms with Crippen LogP contribution in [0.3, 0.4) is 0 Å². The van der Waals surface area contributed by atoms with E-state index >= 15 is 0 Å². The second-order valence-electron chi connectivity index (χ2n) is 7.91. The second-order valence-corrected chi connectivity index (χ2v) is 7.91. The normalized spacial score (nSPS) is 11.5. The van der Waals surface area contributed by atoms with Gasteiger partial charge >= 0.3 is 0 Å². The fourth-order valence-corrected chi connectivity index (χ4v) is 3.31. The van der Waals surface area contributed by atoms with Crippen molar-refractivity contribution in [3.8, 4) is 22.8 Å². The lowest BCUT2D eigenvalue weighted by Gasteiger charge is -2.22. The van der Waals surface area contributed by atoms with Gasteiger partial charge in [0.2, 0.25) is 0 Å². The summed E-state index contributed by atoms with van der Waals surface area (Å²) in [4.78, 5) is 9.73. The molecule has 2 aromatic heterocycles. The standard InChI is InChI=1S/C24H36N2O2/c1-9-17-12-22(28-18(10-2)11-3)23(16(6)7)26-24(17)19-14-25-20(15(4)5)13-21(19)27-8/h12-16,18H,9-11H2,1-8H3. The Morgan fingerprint density at radius 1 is 0.929 bits per heavy atom. The maximum atomic E-state index is 6.34. The Balaban J connectivity index is 2.63. The van der Waals surface area contributed by atoms with Crippen LogP contribution in [0.15, 0.2) is 18.3 Å². The van der Waals surface area contributed by atoms with Gasteiger partial charge in [-0.15, -0.1) is 0 Å². The monoisotopic (exact) mass is 384 g/mol. The molecule has 0 atom stereocenters. The van der Waals surface area contributed by atoms with Crippen molar-refractivity contribution >= 4 is 0 Å². The Kier molecular flexibility index (Phi) is 7.85. The minimum absolute atomic E-state index is 0.219. The molecule has 0 amide bonds. The molecule has 0 unspecified atom stereocenters. The van der Waals surface area contributed by atoms with E-state index in [-0.39, 0.29) is 12.0 Å². The average Bonchev–Trinajstić information content (AvgIpc) is 2.70. The number of methoxy groups -OCH3 is 1. The topological polar surface area (TPSA) is 44.2 Å². The summed E-state index contributed by atoms with van der Waals surface area (Å²) in [5.41, 5.74) is 5.07. The van der Waals surface area contributed by atoms with Crippen LogP contribution in [0, 0.1) is 0 Å². The maximum Gasteiger partial charge on any atom is 0.141 e. The number of pyridine rings is 2. The Morgan fingerprint density at radius 2 is 1.61 bits per heavy atom. The van der Waals surface area contributed by atoms with Crippen LogP contribution < -0.4 is 9.47 Å². The molecule has 2 heterocycles. The van der Waals surface area contributed by atoms with E-state index in [0.29, 0.717) is 5.92 Å². The van der Waals surface area contributed by atoms with Gasteiger partial charge in [0.25, 0.3) is 0 Å². The minimum atomic E-state index is 0.219. The first-order valence-electron chi connectivity index (χ1n) is 10.6. The van der Waals surface area contributed by atoms with Crippen molar-refractivity contribution in [2.45, 2.75) is 85.7 Å². The van der Waals surface area contributed by atoms with Gasteiger partial charge in [-0.25, -0.2) is 4.98 Å². The molecule has 0 saturated heterocycles. The highest BCUT2D eigenvalue weighted by molar-refractivity contribution is 5.70. The molecule has 0 N–H and O–H groups in total. The molecule has 2 rings (SSSR count). The number of hydrogen-bond acceptors (Lipinski definition) is 4. The Bertz CT molecular complexity index is 780. The lowest BCUT2D eigenvalue weighted by atomic mass is 9.99. The SMILES string of the molecule is CCc1cc(OC(CC)CC)c(C(C)C)nc1-c1cnc(C(C)C)cc1OC. The largest absolute Gasteiger partial charge is 0.496 e. The van der Waals surface area contributed by atoms with Gasteiger partial charge in [0.1, 0.15) is 11.5 Å². The van der Waals surface area contributed by atoms with E-state index in [4.69, 9.17) is 14.5 Å². The Morgan fingerprint density at radius 3 is 2.11 bits per heavy atom. The van der Waals surface area contributed by atoms with E-state index in [2.05, 4.69) is 59.5 Å². The first kappa shape index (κ1) is 22.2. The quantitative estimate of drug-likeness (QED) is 0.493. The number of hydrogen-bond donors (Lipinski definition) is 0. The van der Waals surface area contributed by atoms with Crippen molar-refractivity contribution in [2.75, 3.05) is 7.11 Å². The number of ether oxygens (including phenoxy) is 2. The minimum Gasteiger partial charge on any atom is -0.496 e. The molecule has 4 heteroatoms. The molecule has 0 spiro atoms. The van der Waals surface area contributed by atoms with Crippen LogP contribution in [0.5, 0.6) is 11.5 Å². The molecular weight excluding hydrogens is 348 g/mol. The van der Waals surface area contributed by atoms with E-state index < -0.39 is 0 Å². The number of aromatic nitrogens is 2. The van der Waals surface area contributed by atoms with Gasteiger partial charge in [0.05, 0.1) is 30.2 Å². The maximum absolute atomic E-state index is 6.34. The average molecular weight is 385 g/mol. The summed E-state index contributed by atoms with van der Waals surface area (Å²) in [5.74, 6) is 2.35. The number of aryl methyl sites for hydroxylation is 1. The summed E-state index contributed by atoms with van der Waals surface area (Å²) in [7, 11) is 1.71. The first-order chi connectivity index (χ1) is 13.4. The molecule has 0 bridgehead atoms. The summed E-state index contributed by atoms with van der Waals surface area (Å²) in [6, 6.07) is 4.20. The third-order valence-corrected chi connectivity index (χ3v) is 5.18. The van der Waals surface area contributed by atoms with Crippen LogP contribution in [0.2, 0.25) is 0 Å². The van der Waals surface area contributed by atoms with E-state index in [1.54, 1.807) is 7.11 Å². The highest BCUT2D eigenvalue weighted by Gasteiger charge is 2.21. The molecule has 0 aliphatic rings. The highest BCUT2D eigenvalue weighted by atomic mass is 16.5. The van der Waals surface area contributed by atoms with Gasteiger partial charge in [-0.2, -0.15) is 0 Å². The van der Waals surface area contributed by atoms with E-state index in [1.807, 2.05) is 12.3 Å². The smallest absolute Gasteiger partial charge is 0.141 e. The molecule has 154 valence electrons. The van der Waals surface area contributed by atoms with Gasteiger partial charge in [-0.3, -0.25) is 4.98 Å². The van der Waals surface area contributed by atoms with Crippen molar-refractivity contribution in [3.05, 3.63) is 35.3 Å². The van der Waals surface area contributed by atoms with Crippen molar-refractivity contribution in [1.29, 1.82) is 0 Å². The van der Waals surface area contributed by atoms with Crippen LogP contribution in [0.25, 0.3) is 11.3 Å². The predicted octanol–water partition coefficient (Wildman–Crippen LogP) is 6.53. The molecule has 0 aromatic carbocycles. The zero-order chi connectivity index (χ0) is 20.8. The molecule has 2 aromatic rings. The molecule has 4 nitrogen and oxygen atoms in total. The van der Waals surface area contributed by atoms with Crippen LogP contribution in [-0.4, -0.2) is 23.2 Å². The number of rotatable bonds is 9. The summed E-state index contributed by atoms with van der Waals surface area (Å²) < 4.78 is 12.0.